The zero-order chi connectivity index (χ0) is 22.6. The van der Waals surface area contributed by atoms with Crippen LogP contribution < -0.4 is 0 Å². The second kappa shape index (κ2) is 15.7. The van der Waals surface area contributed by atoms with Crippen LogP contribution in [-0.4, -0.2) is 29.6 Å². The fourth-order valence-corrected chi connectivity index (χ4v) is 5.45. The third-order valence-electron chi connectivity index (χ3n) is 7.35. The maximum atomic E-state index is 11.4. The highest BCUT2D eigenvalue weighted by Gasteiger charge is 2.20. The van der Waals surface area contributed by atoms with Crippen LogP contribution in [0.15, 0.2) is 30.3 Å². The lowest BCUT2D eigenvalue weighted by Gasteiger charge is -2.27. The highest BCUT2D eigenvalue weighted by atomic mass is 35.5. The molecule has 0 spiro atoms. The molecule has 33 heavy (non-hydrogen) atoms. The summed E-state index contributed by atoms with van der Waals surface area (Å²) in [5.41, 5.74) is 4.17. The summed E-state index contributed by atoms with van der Waals surface area (Å²) in [5.74, 6) is 0. The molecule has 3 rings (SSSR count). The molecule has 0 saturated carbocycles. The molecular weight excluding hydrogens is 426 g/mol. The Morgan fingerprint density at radius 2 is 1.36 bits per heavy atom. The molecule has 1 unspecified atom stereocenters. The molecule has 0 fully saturated rings. The van der Waals surface area contributed by atoms with E-state index in [2.05, 4.69) is 49.1 Å². The van der Waals surface area contributed by atoms with Crippen LogP contribution in [0.3, 0.4) is 0 Å². The average molecular weight is 474 g/mol. The maximum Gasteiger partial charge on any atom is 0.0923 e. The fourth-order valence-electron chi connectivity index (χ4n) is 5.45. The van der Waals surface area contributed by atoms with Crippen molar-refractivity contribution in [3.63, 3.8) is 0 Å². The van der Waals surface area contributed by atoms with Crippen LogP contribution in [0.2, 0.25) is 0 Å². The van der Waals surface area contributed by atoms with Gasteiger partial charge in [0.25, 0.3) is 0 Å². The normalized spacial score (nSPS) is 14.3. The molecule has 1 atom stereocenters. The third kappa shape index (κ3) is 8.57. The predicted octanol–water partition coefficient (Wildman–Crippen LogP) is 8.42. The molecule has 2 aromatic carbocycles. The van der Waals surface area contributed by atoms with Crippen LogP contribution in [0, 0.1) is 0 Å². The van der Waals surface area contributed by atoms with Gasteiger partial charge in [0, 0.05) is 6.54 Å². The molecule has 0 amide bonds. The lowest BCUT2D eigenvalue weighted by Crippen LogP contribution is -2.31. The SMILES string of the molecule is CCCCCCCN(CCCCCCC)CC(O)c1cc2c(c3ccccc13)CCCC2.Cl. The molecule has 186 valence electrons. The van der Waals surface area contributed by atoms with E-state index in [0.29, 0.717) is 0 Å². The Kier molecular flexibility index (Phi) is 13.4. The van der Waals surface area contributed by atoms with Gasteiger partial charge in [-0.3, -0.25) is 0 Å². The van der Waals surface area contributed by atoms with Crippen LogP contribution >= 0.6 is 12.4 Å². The van der Waals surface area contributed by atoms with E-state index in [1.807, 2.05) is 0 Å². The van der Waals surface area contributed by atoms with Gasteiger partial charge in [-0.25, -0.2) is 0 Å². The van der Waals surface area contributed by atoms with E-state index in [0.717, 1.165) is 25.2 Å². The Labute approximate surface area is 209 Å². The van der Waals surface area contributed by atoms with E-state index in [-0.39, 0.29) is 12.4 Å². The van der Waals surface area contributed by atoms with Gasteiger partial charge >= 0.3 is 0 Å². The van der Waals surface area contributed by atoms with Gasteiger partial charge in [-0.2, -0.15) is 0 Å². The Bertz CT molecular complexity index is 791. The van der Waals surface area contributed by atoms with E-state index < -0.39 is 6.10 Å². The van der Waals surface area contributed by atoms with Crippen LogP contribution in [-0.2, 0) is 12.8 Å². The second-order valence-corrected chi connectivity index (χ2v) is 10.0. The molecule has 0 radical (unpaired) electrons. The summed E-state index contributed by atoms with van der Waals surface area (Å²) < 4.78 is 0. The Balaban J connectivity index is 0.00000385. The van der Waals surface area contributed by atoms with Gasteiger partial charge in [-0.15, -0.1) is 12.4 Å². The molecular formula is C30H48ClNO. The molecule has 0 aliphatic heterocycles. The number of aliphatic hydroxyl groups excluding tert-OH is 1. The van der Waals surface area contributed by atoms with Crippen molar-refractivity contribution < 1.29 is 5.11 Å². The number of rotatable bonds is 15. The van der Waals surface area contributed by atoms with Crippen LogP contribution in [0.5, 0.6) is 0 Å². The Morgan fingerprint density at radius 1 is 0.788 bits per heavy atom. The van der Waals surface area contributed by atoms with Gasteiger partial charge < -0.3 is 10.0 Å². The summed E-state index contributed by atoms with van der Waals surface area (Å²) in [6.45, 7) is 7.57. The minimum Gasteiger partial charge on any atom is -0.387 e. The van der Waals surface area contributed by atoms with E-state index in [4.69, 9.17) is 0 Å². The highest BCUT2D eigenvalue weighted by molar-refractivity contribution is 5.90. The molecule has 2 nitrogen and oxygen atoms in total. The lowest BCUT2D eigenvalue weighted by atomic mass is 9.84. The van der Waals surface area contributed by atoms with Gasteiger partial charge in [0.1, 0.15) is 0 Å². The van der Waals surface area contributed by atoms with Crippen LogP contribution in [0.25, 0.3) is 10.8 Å². The van der Waals surface area contributed by atoms with Crippen LogP contribution in [0.1, 0.15) is 114 Å². The zero-order valence-corrected chi connectivity index (χ0v) is 22.1. The number of fused-ring (bicyclic) bond motifs is 3. The second-order valence-electron chi connectivity index (χ2n) is 10.0. The van der Waals surface area contributed by atoms with Crippen molar-refractivity contribution in [3.05, 3.63) is 47.0 Å². The van der Waals surface area contributed by atoms with Crippen molar-refractivity contribution in [1.29, 1.82) is 0 Å². The first-order valence-corrected chi connectivity index (χ1v) is 13.7. The summed E-state index contributed by atoms with van der Waals surface area (Å²) in [6, 6.07) is 11.1. The van der Waals surface area contributed by atoms with Crippen molar-refractivity contribution in [3.8, 4) is 0 Å². The first-order chi connectivity index (χ1) is 15.7. The third-order valence-corrected chi connectivity index (χ3v) is 7.35. The first-order valence-electron chi connectivity index (χ1n) is 13.7. The molecule has 0 saturated heterocycles. The van der Waals surface area contributed by atoms with E-state index in [9.17, 15) is 5.11 Å². The van der Waals surface area contributed by atoms with Gasteiger partial charge in [0.15, 0.2) is 0 Å². The van der Waals surface area contributed by atoms with Crippen LogP contribution in [0.4, 0.5) is 0 Å². The summed E-state index contributed by atoms with van der Waals surface area (Å²) in [6.07, 6.45) is 17.7. The number of unbranched alkanes of at least 4 members (excludes halogenated alkanes) is 8. The maximum absolute atomic E-state index is 11.4. The quantitative estimate of drug-likeness (QED) is 0.262. The summed E-state index contributed by atoms with van der Waals surface area (Å²) >= 11 is 0. The standard InChI is InChI=1S/C30H47NO.ClH/c1-3-5-7-9-15-21-31(22-16-10-8-6-4-2)24-30(32)29-23-25-17-11-12-18-26(25)27-19-13-14-20-28(27)29;/h13-14,19-20,23,30,32H,3-12,15-18,21-22,24H2,1-2H3;1H. The number of halogens is 1. The first kappa shape index (κ1) is 28.1. The summed E-state index contributed by atoms with van der Waals surface area (Å²) in [4.78, 5) is 2.55. The van der Waals surface area contributed by atoms with Gasteiger partial charge in [0.2, 0.25) is 0 Å². The minimum atomic E-state index is -0.404. The number of aryl methyl sites for hydroxylation is 2. The number of nitrogens with zero attached hydrogens (tertiary/aromatic N) is 1. The number of benzene rings is 2. The fraction of sp³-hybridized carbons (Fsp3) is 0.667. The van der Waals surface area contributed by atoms with Gasteiger partial charge in [-0.05, 0) is 79.1 Å². The van der Waals surface area contributed by atoms with E-state index >= 15 is 0 Å². The Morgan fingerprint density at radius 3 is 2.00 bits per heavy atom. The number of aliphatic hydroxyl groups is 1. The average Bonchev–Trinajstić information content (AvgIpc) is 2.83. The molecule has 1 aliphatic rings. The van der Waals surface area contributed by atoms with Crippen molar-refractivity contribution >= 4 is 23.2 Å². The zero-order valence-electron chi connectivity index (χ0n) is 21.3. The minimum absolute atomic E-state index is 0. The molecule has 3 heteroatoms. The summed E-state index contributed by atoms with van der Waals surface area (Å²) in [5, 5.41) is 14.1. The topological polar surface area (TPSA) is 23.5 Å². The summed E-state index contributed by atoms with van der Waals surface area (Å²) in [7, 11) is 0. The molecule has 1 aliphatic carbocycles. The van der Waals surface area contributed by atoms with Crippen molar-refractivity contribution in [1.82, 2.24) is 4.90 Å². The monoisotopic (exact) mass is 473 g/mol. The van der Waals surface area contributed by atoms with E-state index in [1.165, 1.54) is 112 Å². The number of hydrogen-bond donors (Lipinski definition) is 1. The molecule has 0 bridgehead atoms. The van der Waals surface area contributed by atoms with Crippen molar-refractivity contribution in [2.45, 2.75) is 110 Å². The van der Waals surface area contributed by atoms with Crippen molar-refractivity contribution in [2.75, 3.05) is 19.6 Å². The van der Waals surface area contributed by atoms with Crippen molar-refractivity contribution in [2.24, 2.45) is 0 Å². The van der Waals surface area contributed by atoms with Gasteiger partial charge in [-0.1, -0.05) is 95.5 Å². The lowest BCUT2D eigenvalue weighted by molar-refractivity contribution is 0.111. The van der Waals surface area contributed by atoms with Gasteiger partial charge in [0.05, 0.1) is 6.10 Å². The predicted molar refractivity (Wildman–Crippen MR) is 147 cm³/mol. The molecule has 0 aromatic heterocycles. The van der Waals surface area contributed by atoms with E-state index in [1.54, 1.807) is 0 Å². The Hall–Kier alpha value is -1.09. The smallest absolute Gasteiger partial charge is 0.0923 e. The molecule has 0 heterocycles. The number of hydrogen-bond acceptors (Lipinski definition) is 2. The highest BCUT2D eigenvalue weighted by Crippen LogP contribution is 2.34. The molecule has 2 aromatic rings. The molecule has 1 N–H and O–H groups in total. The largest absolute Gasteiger partial charge is 0.387 e.